The lowest BCUT2D eigenvalue weighted by molar-refractivity contribution is 0.394. The normalized spacial score (nSPS) is 12.0. The Morgan fingerprint density at radius 2 is 1.95 bits per heavy atom. The second kappa shape index (κ2) is 8.85. The summed E-state index contributed by atoms with van der Waals surface area (Å²) in [5, 5.41) is 3.04. The molecule has 5 nitrogen and oxygen atoms in total. The van der Waals surface area contributed by atoms with Crippen molar-refractivity contribution in [1.29, 1.82) is 0 Å². The van der Waals surface area contributed by atoms with E-state index in [0.717, 1.165) is 24.9 Å². The van der Waals surface area contributed by atoms with Gasteiger partial charge in [-0.25, -0.2) is 13.1 Å². The summed E-state index contributed by atoms with van der Waals surface area (Å²) in [6.45, 7) is 2.13. The predicted molar refractivity (Wildman–Crippen MR) is 89.9 cm³/mol. The van der Waals surface area contributed by atoms with Gasteiger partial charge in [-0.2, -0.15) is 0 Å². The molecule has 0 bridgehead atoms. The molecular weight excluding hydrogens is 354 g/mol. The van der Waals surface area contributed by atoms with Crippen molar-refractivity contribution in [1.82, 2.24) is 14.9 Å². The summed E-state index contributed by atoms with van der Waals surface area (Å²) < 4.78 is 27.7. The molecule has 0 unspecified atom stereocenters. The van der Waals surface area contributed by atoms with Crippen LogP contribution in [0, 0.1) is 0 Å². The second-order valence-corrected chi connectivity index (χ2v) is 7.79. The minimum absolute atomic E-state index is 0.287. The number of hydrogen-bond donors (Lipinski definition) is 2. The average molecular weight is 378 g/mol. The number of unbranched alkanes of at least 4 members (excludes halogenated alkanes) is 1. The van der Waals surface area contributed by atoms with Gasteiger partial charge in [-0.1, -0.05) is 6.07 Å². The highest BCUT2D eigenvalue weighted by atomic mass is 79.9. The van der Waals surface area contributed by atoms with Crippen LogP contribution >= 0.6 is 15.9 Å². The minimum atomic E-state index is -3.45. The van der Waals surface area contributed by atoms with Crippen LogP contribution in [-0.4, -0.2) is 47.6 Å². The molecule has 0 radical (unpaired) electrons. The molecule has 1 aromatic carbocycles. The lowest BCUT2D eigenvalue weighted by atomic mass is 10.2. The number of sulfonamides is 1. The molecule has 1 rings (SSSR count). The number of halogens is 1. The van der Waals surface area contributed by atoms with E-state index < -0.39 is 10.0 Å². The Kier molecular flexibility index (Phi) is 7.83. The van der Waals surface area contributed by atoms with Crippen LogP contribution in [0.1, 0.15) is 18.4 Å². The van der Waals surface area contributed by atoms with Gasteiger partial charge >= 0.3 is 0 Å². The highest BCUT2D eigenvalue weighted by Crippen LogP contribution is 2.23. The molecule has 0 amide bonds. The van der Waals surface area contributed by atoms with Crippen molar-refractivity contribution < 1.29 is 8.42 Å². The summed E-state index contributed by atoms with van der Waals surface area (Å²) in [7, 11) is 2.42. The Balaban J connectivity index is 2.61. The lowest BCUT2D eigenvalue weighted by Crippen LogP contribution is -2.26. The fraction of sp³-hybridized carbons (Fsp3) is 0.571. The monoisotopic (exact) mass is 377 g/mol. The molecule has 0 aliphatic rings. The van der Waals surface area contributed by atoms with Crippen molar-refractivity contribution in [3.05, 3.63) is 28.2 Å². The summed E-state index contributed by atoms with van der Waals surface area (Å²) in [4.78, 5) is 2.38. The first-order chi connectivity index (χ1) is 9.86. The fourth-order valence-corrected chi connectivity index (χ4v) is 4.11. The first-order valence-corrected chi connectivity index (χ1v) is 9.22. The van der Waals surface area contributed by atoms with Crippen LogP contribution in [0.2, 0.25) is 0 Å². The average Bonchev–Trinajstić information content (AvgIpc) is 2.38. The van der Waals surface area contributed by atoms with Crippen LogP contribution in [0.5, 0.6) is 0 Å². The molecule has 21 heavy (non-hydrogen) atoms. The van der Waals surface area contributed by atoms with E-state index in [9.17, 15) is 8.42 Å². The van der Waals surface area contributed by atoms with E-state index in [1.54, 1.807) is 6.07 Å². The third kappa shape index (κ3) is 6.44. The van der Waals surface area contributed by atoms with E-state index in [1.807, 2.05) is 33.3 Å². The van der Waals surface area contributed by atoms with E-state index in [2.05, 4.69) is 30.9 Å². The lowest BCUT2D eigenvalue weighted by Gasteiger charge is -2.11. The minimum Gasteiger partial charge on any atom is -0.316 e. The molecule has 0 saturated heterocycles. The molecule has 0 saturated carbocycles. The van der Waals surface area contributed by atoms with Gasteiger partial charge in [0.15, 0.2) is 0 Å². The first kappa shape index (κ1) is 18.6. The molecule has 0 aliphatic carbocycles. The predicted octanol–water partition coefficient (Wildman–Crippen LogP) is 1.79. The van der Waals surface area contributed by atoms with E-state index >= 15 is 0 Å². The van der Waals surface area contributed by atoms with Gasteiger partial charge in [-0.15, -0.1) is 0 Å². The standard InChI is InChI=1S/C14H24BrN3O2S/c1-16-11-12-6-7-14(13(15)10-12)21(19,20)17-8-4-5-9-18(2)3/h6-7,10,16-17H,4-5,8-9,11H2,1-3H3. The third-order valence-corrected chi connectivity index (χ3v) is 5.43. The maximum Gasteiger partial charge on any atom is 0.241 e. The highest BCUT2D eigenvalue weighted by molar-refractivity contribution is 9.10. The van der Waals surface area contributed by atoms with Crippen LogP contribution < -0.4 is 10.0 Å². The maximum absolute atomic E-state index is 12.3. The van der Waals surface area contributed by atoms with Crippen LogP contribution in [0.15, 0.2) is 27.6 Å². The third-order valence-electron chi connectivity index (χ3n) is 2.99. The Hall–Kier alpha value is -0.470. The SMILES string of the molecule is CNCc1ccc(S(=O)(=O)NCCCCN(C)C)c(Br)c1. The van der Waals surface area contributed by atoms with Gasteiger partial charge in [0.05, 0.1) is 4.90 Å². The number of benzene rings is 1. The van der Waals surface area contributed by atoms with Gasteiger partial charge in [0.2, 0.25) is 10.0 Å². The summed E-state index contributed by atoms with van der Waals surface area (Å²) in [5.74, 6) is 0. The number of nitrogens with one attached hydrogen (secondary N) is 2. The van der Waals surface area contributed by atoms with Gasteiger partial charge < -0.3 is 10.2 Å². The zero-order chi connectivity index (χ0) is 15.9. The molecule has 0 aliphatic heterocycles. The topological polar surface area (TPSA) is 61.4 Å². The Morgan fingerprint density at radius 1 is 1.24 bits per heavy atom. The van der Waals surface area contributed by atoms with Crippen molar-refractivity contribution in [2.75, 3.05) is 34.2 Å². The number of hydrogen-bond acceptors (Lipinski definition) is 4. The molecule has 0 heterocycles. The number of rotatable bonds is 9. The quantitative estimate of drug-likeness (QED) is 0.644. The molecule has 120 valence electrons. The molecule has 1 aromatic rings. The van der Waals surface area contributed by atoms with Crippen molar-refractivity contribution >= 4 is 26.0 Å². The van der Waals surface area contributed by atoms with E-state index in [4.69, 9.17) is 0 Å². The first-order valence-electron chi connectivity index (χ1n) is 6.94. The molecule has 7 heteroatoms. The van der Waals surface area contributed by atoms with E-state index in [0.29, 0.717) is 17.6 Å². The van der Waals surface area contributed by atoms with Gasteiger partial charge in [0, 0.05) is 17.6 Å². The van der Waals surface area contributed by atoms with Gasteiger partial charge in [0.1, 0.15) is 0 Å². The molecule has 0 spiro atoms. The van der Waals surface area contributed by atoms with Gasteiger partial charge in [0.25, 0.3) is 0 Å². The molecule has 0 atom stereocenters. The van der Waals surface area contributed by atoms with E-state index in [1.165, 1.54) is 0 Å². The van der Waals surface area contributed by atoms with E-state index in [-0.39, 0.29) is 4.90 Å². The fourth-order valence-electron chi connectivity index (χ4n) is 1.91. The smallest absolute Gasteiger partial charge is 0.241 e. The zero-order valence-corrected chi connectivity index (χ0v) is 15.2. The summed E-state index contributed by atoms with van der Waals surface area (Å²) in [5.41, 5.74) is 1.04. The molecule has 0 fully saturated rings. The van der Waals surface area contributed by atoms with Crippen LogP contribution in [0.4, 0.5) is 0 Å². The Labute approximate surface area is 136 Å². The second-order valence-electron chi connectivity index (χ2n) is 5.20. The van der Waals surface area contributed by atoms with Crippen molar-refractivity contribution in [3.8, 4) is 0 Å². The van der Waals surface area contributed by atoms with Crippen molar-refractivity contribution in [2.45, 2.75) is 24.3 Å². The molecule has 2 N–H and O–H groups in total. The van der Waals surface area contributed by atoms with Crippen molar-refractivity contribution in [3.63, 3.8) is 0 Å². The van der Waals surface area contributed by atoms with Crippen LogP contribution in [0.25, 0.3) is 0 Å². The summed E-state index contributed by atoms with van der Waals surface area (Å²) in [6, 6.07) is 5.29. The summed E-state index contributed by atoms with van der Waals surface area (Å²) in [6.07, 6.45) is 1.80. The van der Waals surface area contributed by atoms with Crippen LogP contribution in [0.3, 0.4) is 0 Å². The van der Waals surface area contributed by atoms with Gasteiger partial charge in [-0.05, 0) is 74.2 Å². The summed E-state index contributed by atoms with van der Waals surface area (Å²) >= 11 is 3.34. The van der Waals surface area contributed by atoms with Gasteiger partial charge in [-0.3, -0.25) is 0 Å². The van der Waals surface area contributed by atoms with Crippen LogP contribution in [-0.2, 0) is 16.6 Å². The largest absolute Gasteiger partial charge is 0.316 e. The number of nitrogens with zero attached hydrogens (tertiary/aromatic N) is 1. The Morgan fingerprint density at radius 3 is 2.52 bits per heavy atom. The highest BCUT2D eigenvalue weighted by Gasteiger charge is 2.17. The zero-order valence-electron chi connectivity index (χ0n) is 12.8. The Bertz CT molecular complexity index is 547. The maximum atomic E-state index is 12.3. The molecule has 0 aromatic heterocycles. The molecular formula is C14H24BrN3O2S. The van der Waals surface area contributed by atoms with Crippen molar-refractivity contribution in [2.24, 2.45) is 0 Å².